The number of nitrogen functional groups attached to an aromatic ring is 1. The lowest BCUT2D eigenvalue weighted by atomic mass is 10.2. The molecule has 1 atom stereocenters. The van der Waals surface area contributed by atoms with E-state index < -0.39 is 5.97 Å². The summed E-state index contributed by atoms with van der Waals surface area (Å²) < 4.78 is 11.2. The summed E-state index contributed by atoms with van der Waals surface area (Å²) in [5.74, 6) is -0.518. The number of nitrogens with two attached hydrogens (primary N) is 1. The molecule has 6 heteroatoms. The van der Waals surface area contributed by atoms with Crippen LogP contribution in [0.25, 0.3) is 0 Å². The second-order valence-corrected chi connectivity index (χ2v) is 3.54. The van der Waals surface area contributed by atoms with Gasteiger partial charge in [-0.1, -0.05) is 0 Å². The predicted molar refractivity (Wildman–Crippen MR) is 59.2 cm³/mol. The van der Waals surface area contributed by atoms with E-state index >= 15 is 0 Å². The Hall–Kier alpha value is -1.56. The lowest BCUT2D eigenvalue weighted by Gasteiger charge is -2.10. The van der Waals surface area contributed by atoms with Crippen LogP contribution in [0, 0.1) is 0 Å². The molecule has 0 saturated heterocycles. The van der Waals surface area contributed by atoms with Crippen molar-refractivity contribution in [3.63, 3.8) is 0 Å². The molecule has 0 saturated carbocycles. The molecule has 0 bridgehead atoms. The zero-order chi connectivity index (χ0) is 12.1. The molecule has 6 nitrogen and oxygen atoms in total. The number of methoxy groups -OCH3 is 2. The van der Waals surface area contributed by atoms with Crippen molar-refractivity contribution in [2.45, 2.75) is 19.4 Å². The van der Waals surface area contributed by atoms with E-state index in [2.05, 4.69) is 9.84 Å². The number of esters is 1. The van der Waals surface area contributed by atoms with Gasteiger partial charge in [0.25, 0.3) is 0 Å². The molecule has 1 aromatic heterocycles. The number of hydrogen-bond donors (Lipinski definition) is 1. The van der Waals surface area contributed by atoms with E-state index in [4.69, 9.17) is 10.5 Å². The summed E-state index contributed by atoms with van der Waals surface area (Å²) in [6.45, 7) is 2.61. The molecule has 0 aliphatic heterocycles. The molecule has 0 spiro atoms. The monoisotopic (exact) mass is 227 g/mol. The maximum absolute atomic E-state index is 11.3. The summed E-state index contributed by atoms with van der Waals surface area (Å²) in [6.07, 6.45) is 2.44. The van der Waals surface area contributed by atoms with Crippen molar-refractivity contribution in [1.29, 1.82) is 0 Å². The van der Waals surface area contributed by atoms with Gasteiger partial charge in [-0.15, -0.1) is 0 Å². The van der Waals surface area contributed by atoms with Gasteiger partial charge in [0.2, 0.25) is 0 Å². The van der Waals surface area contributed by atoms with Gasteiger partial charge in [0, 0.05) is 19.9 Å². The molecule has 0 aliphatic carbocycles. The molecule has 16 heavy (non-hydrogen) atoms. The van der Waals surface area contributed by atoms with Gasteiger partial charge >= 0.3 is 5.97 Å². The van der Waals surface area contributed by atoms with Gasteiger partial charge in [0.05, 0.1) is 18.8 Å². The first-order valence-electron chi connectivity index (χ1n) is 5.02. The highest BCUT2D eigenvalue weighted by Crippen LogP contribution is 2.16. The highest BCUT2D eigenvalue weighted by molar-refractivity contribution is 5.92. The second kappa shape index (κ2) is 5.50. The fourth-order valence-electron chi connectivity index (χ4n) is 1.31. The fourth-order valence-corrected chi connectivity index (χ4v) is 1.31. The number of aromatic nitrogens is 2. The highest BCUT2D eigenvalue weighted by atomic mass is 16.5. The van der Waals surface area contributed by atoms with Crippen LogP contribution in [0.3, 0.4) is 0 Å². The van der Waals surface area contributed by atoms with Gasteiger partial charge in [-0.25, -0.2) is 4.79 Å². The Labute approximate surface area is 94.3 Å². The molecule has 2 N–H and O–H groups in total. The maximum Gasteiger partial charge on any atom is 0.360 e. The largest absolute Gasteiger partial charge is 0.464 e. The second-order valence-electron chi connectivity index (χ2n) is 3.54. The van der Waals surface area contributed by atoms with Crippen molar-refractivity contribution >= 4 is 11.7 Å². The fraction of sp³-hybridized carbons (Fsp3) is 0.600. The number of hydrogen-bond acceptors (Lipinski definition) is 5. The summed E-state index contributed by atoms with van der Waals surface area (Å²) in [5, 5.41) is 4.09. The SMILES string of the molecule is COCCC(C)n1cc(N)c(C(=O)OC)n1. The van der Waals surface area contributed by atoms with E-state index in [1.54, 1.807) is 18.0 Å². The summed E-state index contributed by atoms with van der Waals surface area (Å²) in [7, 11) is 2.94. The first kappa shape index (κ1) is 12.5. The highest BCUT2D eigenvalue weighted by Gasteiger charge is 2.17. The van der Waals surface area contributed by atoms with Crippen LogP contribution in [0.2, 0.25) is 0 Å². The molecule has 0 aromatic carbocycles. The molecule has 0 aliphatic rings. The van der Waals surface area contributed by atoms with E-state index in [1.807, 2.05) is 6.92 Å². The Morgan fingerprint density at radius 3 is 2.88 bits per heavy atom. The molecule has 0 fully saturated rings. The van der Waals surface area contributed by atoms with E-state index in [0.717, 1.165) is 6.42 Å². The first-order valence-corrected chi connectivity index (χ1v) is 5.02. The molecule has 0 amide bonds. The number of nitrogens with zero attached hydrogens (tertiary/aromatic N) is 2. The van der Waals surface area contributed by atoms with Gasteiger partial charge in [-0.05, 0) is 13.3 Å². The molecular formula is C10H17N3O3. The minimum atomic E-state index is -0.518. The number of anilines is 1. The molecule has 0 radical (unpaired) electrons. The van der Waals surface area contributed by atoms with E-state index in [9.17, 15) is 4.79 Å². The van der Waals surface area contributed by atoms with Crippen molar-refractivity contribution < 1.29 is 14.3 Å². The number of carbonyl (C=O) groups excluding carboxylic acids is 1. The maximum atomic E-state index is 11.3. The average Bonchev–Trinajstić information content (AvgIpc) is 2.67. The van der Waals surface area contributed by atoms with Crippen LogP contribution in [-0.2, 0) is 9.47 Å². The van der Waals surface area contributed by atoms with Crippen LogP contribution in [0.1, 0.15) is 29.9 Å². The molecule has 1 heterocycles. The van der Waals surface area contributed by atoms with Crippen molar-refractivity contribution in [3.8, 4) is 0 Å². The van der Waals surface area contributed by atoms with Crippen LogP contribution in [-0.4, -0.2) is 36.6 Å². The zero-order valence-electron chi connectivity index (χ0n) is 9.77. The van der Waals surface area contributed by atoms with Crippen molar-refractivity contribution in [2.24, 2.45) is 0 Å². The molecule has 1 aromatic rings. The Morgan fingerprint density at radius 1 is 1.62 bits per heavy atom. The third kappa shape index (κ3) is 2.73. The molecular weight excluding hydrogens is 210 g/mol. The van der Waals surface area contributed by atoms with Crippen LogP contribution in [0.4, 0.5) is 5.69 Å². The number of carbonyl (C=O) groups is 1. The van der Waals surface area contributed by atoms with Crippen molar-refractivity contribution in [2.75, 3.05) is 26.6 Å². The Morgan fingerprint density at radius 2 is 2.31 bits per heavy atom. The van der Waals surface area contributed by atoms with Crippen LogP contribution < -0.4 is 5.73 Å². The summed E-state index contributed by atoms with van der Waals surface area (Å²) >= 11 is 0. The Bertz CT molecular complexity index is 362. The van der Waals surface area contributed by atoms with Crippen LogP contribution in [0.5, 0.6) is 0 Å². The smallest absolute Gasteiger partial charge is 0.360 e. The predicted octanol–water partition coefficient (Wildman–Crippen LogP) is 0.849. The molecule has 1 unspecified atom stereocenters. The van der Waals surface area contributed by atoms with Crippen molar-refractivity contribution in [3.05, 3.63) is 11.9 Å². The number of ether oxygens (including phenoxy) is 2. The van der Waals surface area contributed by atoms with E-state index in [0.29, 0.717) is 12.3 Å². The van der Waals surface area contributed by atoms with E-state index in [-0.39, 0.29) is 11.7 Å². The minimum absolute atomic E-state index is 0.126. The summed E-state index contributed by atoms with van der Waals surface area (Å²) in [4.78, 5) is 11.3. The zero-order valence-corrected chi connectivity index (χ0v) is 9.77. The summed E-state index contributed by atoms with van der Waals surface area (Å²) in [5.41, 5.74) is 6.16. The summed E-state index contributed by atoms with van der Waals surface area (Å²) in [6, 6.07) is 0.126. The first-order chi connectivity index (χ1) is 7.60. The molecule has 1 rings (SSSR count). The number of rotatable bonds is 5. The topological polar surface area (TPSA) is 79.4 Å². The minimum Gasteiger partial charge on any atom is -0.464 e. The Balaban J connectivity index is 2.79. The third-order valence-corrected chi connectivity index (χ3v) is 2.33. The normalized spacial score (nSPS) is 12.4. The average molecular weight is 227 g/mol. The van der Waals surface area contributed by atoms with Gasteiger partial charge < -0.3 is 15.2 Å². The Kier molecular flexibility index (Phi) is 4.30. The van der Waals surface area contributed by atoms with Gasteiger partial charge in [0.1, 0.15) is 0 Å². The van der Waals surface area contributed by atoms with Gasteiger partial charge in [-0.3, -0.25) is 4.68 Å². The lowest BCUT2D eigenvalue weighted by molar-refractivity contribution is 0.0593. The van der Waals surface area contributed by atoms with E-state index in [1.165, 1.54) is 7.11 Å². The van der Waals surface area contributed by atoms with Crippen LogP contribution >= 0.6 is 0 Å². The quantitative estimate of drug-likeness (QED) is 0.754. The lowest BCUT2D eigenvalue weighted by Crippen LogP contribution is -2.10. The van der Waals surface area contributed by atoms with Crippen LogP contribution in [0.15, 0.2) is 6.20 Å². The molecule has 90 valence electrons. The van der Waals surface area contributed by atoms with Gasteiger partial charge in [-0.2, -0.15) is 5.10 Å². The van der Waals surface area contributed by atoms with Crippen molar-refractivity contribution in [1.82, 2.24) is 9.78 Å². The van der Waals surface area contributed by atoms with Gasteiger partial charge in [0.15, 0.2) is 5.69 Å². The standard InChI is InChI=1S/C10H17N3O3/c1-7(4-5-15-2)13-6-8(11)9(12-13)10(14)16-3/h6-7H,4-5,11H2,1-3H3. The third-order valence-electron chi connectivity index (χ3n) is 2.33.